The van der Waals surface area contributed by atoms with Crippen molar-refractivity contribution >= 4 is 5.69 Å². The van der Waals surface area contributed by atoms with E-state index < -0.39 is 0 Å². The van der Waals surface area contributed by atoms with E-state index in [-0.39, 0.29) is 6.61 Å². The van der Waals surface area contributed by atoms with E-state index in [0.717, 1.165) is 19.5 Å². The molecule has 3 nitrogen and oxygen atoms in total. The van der Waals surface area contributed by atoms with Crippen molar-refractivity contribution in [2.24, 2.45) is 0 Å². The molecule has 1 unspecified atom stereocenters. The van der Waals surface area contributed by atoms with Crippen molar-refractivity contribution in [3.05, 3.63) is 29.8 Å². The van der Waals surface area contributed by atoms with Crippen LogP contribution in [0.15, 0.2) is 24.3 Å². The minimum absolute atomic E-state index is 0.244. The summed E-state index contributed by atoms with van der Waals surface area (Å²) in [7, 11) is 0. The molecule has 2 N–H and O–H groups in total. The molecule has 108 valence electrons. The molecule has 0 aliphatic carbocycles. The average molecular weight is 264 g/mol. The number of hydrogen-bond acceptors (Lipinski definition) is 3. The maximum atomic E-state index is 9.07. The molecule has 1 aromatic rings. The quantitative estimate of drug-likeness (QED) is 0.758. The number of nitrogens with zero attached hydrogens (tertiary/aromatic N) is 1. The standard InChI is InChI=1S/C16H28N2O/c1-5-17-14(4)15-9-6-7-10-16(15)18(13(2)3)11-8-12-19/h6-7,9-10,13-14,17,19H,5,8,11-12H2,1-4H3. The first-order chi connectivity index (χ1) is 9.11. The molecule has 0 amide bonds. The maximum absolute atomic E-state index is 9.07. The summed E-state index contributed by atoms with van der Waals surface area (Å²) in [4.78, 5) is 2.37. The number of aliphatic hydroxyl groups is 1. The fourth-order valence-corrected chi connectivity index (χ4v) is 2.43. The van der Waals surface area contributed by atoms with Gasteiger partial charge in [-0.15, -0.1) is 0 Å². The molecule has 0 aliphatic rings. The van der Waals surface area contributed by atoms with Gasteiger partial charge >= 0.3 is 0 Å². The third-order valence-corrected chi connectivity index (χ3v) is 3.40. The van der Waals surface area contributed by atoms with Crippen molar-refractivity contribution in [2.75, 3.05) is 24.6 Å². The minimum Gasteiger partial charge on any atom is -0.396 e. The Morgan fingerprint density at radius 2 is 1.89 bits per heavy atom. The molecule has 3 heteroatoms. The number of nitrogens with one attached hydrogen (secondary N) is 1. The van der Waals surface area contributed by atoms with E-state index in [9.17, 15) is 0 Å². The predicted molar refractivity (Wildman–Crippen MR) is 82.7 cm³/mol. The van der Waals surface area contributed by atoms with E-state index in [1.54, 1.807) is 0 Å². The van der Waals surface area contributed by atoms with Gasteiger partial charge < -0.3 is 15.3 Å². The van der Waals surface area contributed by atoms with Crippen molar-refractivity contribution in [2.45, 2.75) is 46.2 Å². The van der Waals surface area contributed by atoms with Gasteiger partial charge in [-0.25, -0.2) is 0 Å². The predicted octanol–water partition coefficient (Wildman–Crippen LogP) is 2.95. The molecule has 0 radical (unpaired) electrons. The minimum atomic E-state index is 0.244. The van der Waals surface area contributed by atoms with Gasteiger partial charge in [-0.1, -0.05) is 25.1 Å². The van der Waals surface area contributed by atoms with Crippen LogP contribution in [0.4, 0.5) is 5.69 Å². The van der Waals surface area contributed by atoms with Crippen molar-refractivity contribution in [3.8, 4) is 0 Å². The van der Waals surface area contributed by atoms with E-state index in [4.69, 9.17) is 5.11 Å². The topological polar surface area (TPSA) is 35.5 Å². The Bertz CT molecular complexity index is 366. The number of anilines is 1. The van der Waals surface area contributed by atoms with Crippen LogP contribution < -0.4 is 10.2 Å². The van der Waals surface area contributed by atoms with Crippen LogP contribution in [-0.4, -0.2) is 30.8 Å². The molecule has 0 aromatic heterocycles. The zero-order chi connectivity index (χ0) is 14.3. The van der Waals surface area contributed by atoms with E-state index in [1.807, 2.05) is 0 Å². The lowest BCUT2D eigenvalue weighted by Gasteiger charge is -2.32. The van der Waals surface area contributed by atoms with E-state index in [1.165, 1.54) is 11.3 Å². The number of para-hydroxylation sites is 1. The van der Waals surface area contributed by atoms with E-state index in [2.05, 4.69) is 62.2 Å². The lowest BCUT2D eigenvalue weighted by atomic mass is 10.0. The highest BCUT2D eigenvalue weighted by Gasteiger charge is 2.16. The van der Waals surface area contributed by atoms with Crippen molar-refractivity contribution in [1.82, 2.24) is 5.32 Å². The van der Waals surface area contributed by atoms with Crippen LogP contribution in [-0.2, 0) is 0 Å². The SMILES string of the molecule is CCNC(C)c1ccccc1N(CCCO)C(C)C. The van der Waals surface area contributed by atoms with Crippen LogP contribution in [0.2, 0.25) is 0 Å². The lowest BCUT2D eigenvalue weighted by Crippen LogP contribution is -2.34. The Morgan fingerprint density at radius 1 is 1.21 bits per heavy atom. The molecule has 1 atom stereocenters. The number of aliphatic hydroxyl groups excluding tert-OH is 1. The fraction of sp³-hybridized carbons (Fsp3) is 0.625. The van der Waals surface area contributed by atoms with Gasteiger partial charge in [0.15, 0.2) is 0 Å². The van der Waals surface area contributed by atoms with Gasteiger partial charge in [-0.2, -0.15) is 0 Å². The molecule has 0 heterocycles. The van der Waals surface area contributed by atoms with Crippen LogP contribution in [0.1, 0.15) is 45.7 Å². The molecule has 0 fully saturated rings. The van der Waals surface area contributed by atoms with Crippen LogP contribution >= 0.6 is 0 Å². The van der Waals surface area contributed by atoms with Gasteiger partial charge in [-0.05, 0) is 45.4 Å². The molecule has 1 rings (SSSR count). The summed E-state index contributed by atoms with van der Waals surface area (Å²) >= 11 is 0. The van der Waals surface area contributed by atoms with Crippen molar-refractivity contribution in [1.29, 1.82) is 0 Å². The molecular weight excluding hydrogens is 236 g/mol. The Morgan fingerprint density at radius 3 is 2.47 bits per heavy atom. The summed E-state index contributed by atoms with van der Waals surface area (Å²) in [5, 5.41) is 12.5. The van der Waals surface area contributed by atoms with Crippen LogP contribution in [0.5, 0.6) is 0 Å². The largest absolute Gasteiger partial charge is 0.396 e. The first-order valence-corrected chi connectivity index (χ1v) is 7.31. The van der Waals surface area contributed by atoms with Gasteiger partial charge in [0.2, 0.25) is 0 Å². The van der Waals surface area contributed by atoms with Gasteiger partial charge in [0, 0.05) is 30.9 Å². The first-order valence-electron chi connectivity index (χ1n) is 7.31. The summed E-state index contributed by atoms with van der Waals surface area (Å²) in [5.74, 6) is 0. The zero-order valence-corrected chi connectivity index (χ0v) is 12.7. The van der Waals surface area contributed by atoms with Crippen LogP contribution in [0.3, 0.4) is 0 Å². The Kier molecular flexibility index (Phi) is 6.89. The smallest absolute Gasteiger partial charge is 0.0447 e. The summed E-state index contributed by atoms with van der Waals surface area (Å²) < 4.78 is 0. The van der Waals surface area contributed by atoms with Gasteiger partial charge in [-0.3, -0.25) is 0 Å². The summed E-state index contributed by atoms with van der Waals surface area (Å²) in [5.41, 5.74) is 2.61. The maximum Gasteiger partial charge on any atom is 0.0447 e. The number of hydrogen-bond donors (Lipinski definition) is 2. The Balaban J connectivity index is 3.01. The molecule has 0 saturated carbocycles. The third kappa shape index (κ3) is 4.51. The van der Waals surface area contributed by atoms with Gasteiger partial charge in [0.25, 0.3) is 0 Å². The average Bonchev–Trinajstić information content (AvgIpc) is 2.39. The van der Waals surface area contributed by atoms with Crippen molar-refractivity contribution < 1.29 is 5.11 Å². The molecule has 0 spiro atoms. The summed E-state index contributed by atoms with van der Waals surface area (Å²) in [6.07, 6.45) is 0.808. The van der Waals surface area contributed by atoms with Crippen LogP contribution in [0.25, 0.3) is 0 Å². The summed E-state index contributed by atoms with van der Waals surface area (Å²) in [6.45, 7) is 10.8. The second kappa shape index (κ2) is 8.18. The third-order valence-electron chi connectivity index (χ3n) is 3.40. The van der Waals surface area contributed by atoms with Crippen molar-refractivity contribution in [3.63, 3.8) is 0 Å². The highest BCUT2D eigenvalue weighted by molar-refractivity contribution is 5.55. The molecule has 0 bridgehead atoms. The monoisotopic (exact) mass is 264 g/mol. The highest BCUT2D eigenvalue weighted by Crippen LogP contribution is 2.27. The summed E-state index contributed by atoms with van der Waals surface area (Å²) in [6, 6.07) is 9.33. The second-order valence-corrected chi connectivity index (χ2v) is 5.20. The highest BCUT2D eigenvalue weighted by atomic mass is 16.3. The number of rotatable bonds is 8. The van der Waals surface area contributed by atoms with E-state index in [0.29, 0.717) is 12.1 Å². The number of benzene rings is 1. The van der Waals surface area contributed by atoms with Crippen LogP contribution in [0, 0.1) is 0 Å². The van der Waals surface area contributed by atoms with Gasteiger partial charge in [0.1, 0.15) is 0 Å². The van der Waals surface area contributed by atoms with Gasteiger partial charge in [0.05, 0.1) is 0 Å². The lowest BCUT2D eigenvalue weighted by molar-refractivity contribution is 0.288. The first kappa shape index (κ1) is 16.0. The second-order valence-electron chi connectivity index (χ2n) is 5.20. The molecule has 1 aromatic carbocycles. The Hall–Kier alpha value is -1.06. The Labute approximate surface area is 117 Å². The molecule has 19 heavy (non-hydrogen) atoms. The zero-order valence-electron chi connectivity index (χ0n) is 12.7. The van der Waals surface area contributed by atoms with E-state index >= 15 is 0 Å². The normalized spacial score (nSPS) is 12.7. The molecule has 0 saturated heterocycles. The molecular formula is C16H28N2O. The molecule has 0 aliphatic heterocycles. The fourth-order valence-electron chi connectivity index (χ4n) is 2.43.